The molecule has 0 bridgehead atoms. The van der Waals surface area contributed by atoms with Crippen LogP contribution in [0, 0.1) is 5.92 Å². The summed E-state index contributed by atoms with van der Waals surface area (Å²) in [6.07, 6.45) is 0.410. The number of nitrogens with one attached hydrogen (secondary N) is 1. The predicted octanol–water partition coefficient (Wildman–Crippen LogP) is 6.54. The molecule has 38 heavy (non-hydrogen) atoms. The molecule has 0 unspecified atom stereocenters. The number of ether oxygens (including phenoxy) is 1. The van der Waals surface area contributed by atoms with Gasteiger partial charge in [-0.15, -0.1) is 0 Å². The molecule has 0 aliphatic rings. The molecule has 0 saturated carbocycles. The Hall–Kier alpha value is -3.12. The average Bonchev–Trinajstić information content (AvgIpc) is 2.89. The number of hydrogen-bond donors (Lipinski definition) is 1. The predicted molar refractivity (Wildman–Crippen MR) is 157 cm³/mol. The summed E-state index contributed by atoms with van der Waals surface area (Å²) in [5.41, 5.74) is 3.10. The monoisotopic (exact) mass is 578 g/mol. The van der Waals surface area contributed by atoms with Gasteiger partial charge in [0.1, 0.15) is 11.8 Å². The Morgan fingerprint density at radius 2 is 1.53 bits per heavy atom. The van der Waals surface area contributed by atoms with Crippen molar-refractivity contribution >= 4 is 27.7 Å². The molecule has 3 aromatic carbocycles. The van der Waals surface area contributed by atoms with Crippen LogP contribution in [0.15, 0.2) is 83.3 Å². The number of halogens is 1. The molecule has 0 fully saturated rings. The maximum atomic E-state index is 13.7. The van der Waals surface area contributed by atoms with E-state index in [1.807, 2.05) is 78.9 Å². The van der Waals surface area contributed by atoms with Crippen molar-refractivity contribution in [3.05, 3.63) is 100 Å². The molecule has 0 saturated heterocycles. The highest BCUT2D eigenvalue weighted by Crippen LogP contribution is 2.31. The molecule has 0 spiro atoms. The van der Waals surface area contributed by atoms with Gasteiger partial charge in [-0.1, -0.05) is 101 Å². The second-order valence-corrected chi connectivity index (χ2v) is 11.9. The maximum absolute atomic E-state index is 13.7. The standard InChI is InChI=1S/C32H39BrN2O3/c1-23(2)20-34-31(37)28(18-24-12-8-6-9-13-24)35(21-25-14-10-7-11-15-25)30(36)22-38-29-17-16-26(19-27(29)33)32(3,4)5/h6-17,19,23,28H,18,20-22H2,1-5H3,(H,34,37)/t28-/m1/s1. The number of carbonyl (C=O) groups is 2. The van der Waals surface area contributed by atoms with Gasteiger partial charge in [0.05, 0.1) is 4.47 Å². The van der Waals surface area contributed by atoms with Crippen molar-refractivity contribution in [1.29, 1.82) is 0 Å². The first kappa shape index (κ1) is 29.4. The van der Waals surface area contributed by atoms with E-state index in [2.05, 4.69) is 55.9 Å². The number of hydrogen-bond acceptors (Lipinski definition) is 3. The minimum atomic E-state index is -0.681. The molecule has 0 heterocycles. The van der Waals surface area contributed by atoms with Crippen molar-refractivity contribution in [1.82, 2.24) is 10.2 Å². The van der Waals surface area contributed by atoms with Crippen LogP contribution in [0.3, 0.4) is 0 Å². The third-order valence-corrected chi connectivity index (χ3v) is 6.92. The van der Waals surface area contributed by atoms with E-state index in [1.165, 1.54) is 5.56 Å². The lowest BCUT2D eigenvalue weighted by atomic mass is 9.87. The van der Waals surface area contributed by atoms with Crippen molar-refractivity contribution in [2.75, 3.05) is 13.2 Å². The Balaban J connectivity index is 1.88. The molecule has 0 aliphatic heterocycles. The first-order valence-corrected chi connectivity index (χ1v) is 13.9. The lowest BCUT2D eigenvalue weighted by Crippen LogP contribution is -2.52. The Morgan fingerprint density at radius 1 is 0.921 bits per heavy atom. The third kappa shape index (κ3) is 8.73. The Morgan fingerprint density at radius 3 is 2.08 bits per heavy atom. The summed E-state index contributed by atoms with van der Waals surface area (Å²) in [6, 6.07) is 24.8. The summed E-state index contributed by atoms with van der Waals surface area (Å²) in [4.78, 5) is 28.9. The third-order valence-electron chi connectivity index (χ3n) is 6.30. The van der Waals surface area contributed by atoms with E-state index >= 15 is 0 Å². The molecule has 3 aromatic rings. The zero-order chi connectivity index (χ0) is 27.7. The van der Waals surface area contributed by atoms with Crippen LogP contribution in [-0.2, 0) is 28.0 Å². The number of benzene rings is 3. The number of amides is 2. The van der Waals surface area contributed by atoms with Gasteiger partial charge in [0.15, 0.2) is 6.61 Å². The molecule has 1 atom stereocenters. The highest BCUT2D eigenvalue weighted by molar-refractivity contribution is 9.10. The Bertz CT molecular complexity index is 1190. The van der Waals surface area contributed by atoms with Crippen LogP contribution in [0.5, 0.6) is 5.75 Å². The van der Waals surface area contributed by atoms with Gasteiger partial charge in [-0.25, -0.2) is 0 Å². The minimum absolute atomic E-state index is 0.00262. The normalized spacial score (nSPS) is 12.2. The number of rotatable bonds is 11. The van der Waals surface area contributed by atoms with E-state index in [9.17, 15) is 9.59 Å². The lowest BCUT2D eigenvalue weighted by molar-refractivity contribution is -0.142. The van der Waals surface area contributed by atoms with E-state index < -0.39 is 6.04 Å². The highest BCUT2D eigenvalue weighted by atomic mass is 79.9. The van der Waals surface area contributed by atoms with Crippen molar-refractivity contribution in [2.24, 2.45) is 5.92 Å². The van der Waals surface area contributed by atoms with Crippen LogP contribution in [0.2, 0.25) is 0 Å². The smallest absolute Gasteiger partial charge is 0.261 e. The maximum Gasteiger partial charge on any atom is 0.261 e. The zero-order valence-corrected chi connectivity index (χ0v) is 24.6. The van der Waals surface area contributed by atoms with E-state index in [1.54, 1.807) is 4.90 Å². The topological polar surface area (TPSA) is 58.6 Å². The molecule has 0 aromatic heterocycles. The molecule has 202 valence electrons. The van der Waals surface area contributed by atoms with E-state index in [-0.39, 0.29) is 23.8 Å². The van der Waals surface area contributed by atoms with Crippen LogP contribution in [0.25, 0.3) is 0 Å². The van der Waals surface area contributed by atoms with E-state index in [0.717, 1.165) is 15.6 Å². The quantitative estimate of drug-likeness (QED) is 0.281. The SMILES string of the molecule is CC(C)CNC(=O)[C@@H](Cc1ccccc1)N(Cc1ccccc1)C(=O)COc1ccc(C(C)(C)C)cc1Br. The number of carbonyl (C=O) groups excluding carboxylic acids is 2. The fraction of sp³-hybridized carbons (Fsp3) is 0.375. The summed E-state index contributed by atoms with van der Waals surface area (Å²) in [6.45, 7) is 11.2. The molecule has 6 heteroatoms. The first-order chi connectivity index (χ1) is 18.0. The van der Waals surface area contributed by atoms with Crippen molar-refractivity contribution in [2.45, 2.75) is 59.0 Å². The van der Waals surface area contributed by atoms with Gasteiger partial charge in [-0.05, 0) is 56.1 Å². The second kappa shape index (κ2) is 13.6. The van der Waals surface area contributed by atoms with Gasteiger partial charge in [0.25, 0.3) is 5.91 Å². The van der Waals surface area contributed by atoms with Gasteiger partial charge in [-0.2, -0.15) is 0 Å². The summed E-state index contributed by atoms with van der Waals surface area (Å²) >= 11 is 3.60. The van der Waals surface area contributed by atoms with Crippen LogP contribution in [-0.4, -0.2) is 35.9 Å². The Kier molecular flexibility index (Phi) is 10.5. The fourth-order valence-electron chi connectivity index (χ4n) is 4.06. The molecular formula is C32H39BrN2O3. The van der Waals surface area contributed by atoms with Crippen molar-refractivity contribution in [3.63, 3.8) is 0 Å². The summed E-state index contributed by atoms with van der Waals surface area (Å²) in [7, 11) is 0. The van der Waals surface area contributed by atoms with Crippen LogP contribution < -0.4 is 10.1 Å². The summed E-state index contributed by atoms with van der Waals surface area (Å²) in [5.74, 6) is 0.477. The minimum Gasteiger partial charge on any atom is -0.483 e. The first-order valence-electron chi connectivity index (χ1n) is 13.1. The molecule has 2 amide bonds. The molecular weight excluding hydrogens is 540 g/mol. The summed E-state index contributed by atoms with van der Waals surface area (Å²) < 4.78 is 6.79. The van der Waals surface area contributed by atoms with Gasteiger partial charge in [-0.3, -0.25) is 9.59 Å². The van der Waals surface area contributed by atoms with Gasteiger partial charge >= 0.3 is 0 Å². The van der Waals surface area contributed by atoms with E-state index in [0.29, 0.717) is 31.2 Å². The average molecular weight is 580 g/mol. The lowest BCUT2D eigenvalue weighted by Gasteiger charge is -2.31. The molecule has 0 radical (unpaired) electrons. The second-order valence-electron chi connectivity index (χ2n) is 11.0. The largest absolute Gasteiger partial charge is 0.483 e. The molecule has 0 aliphatic carbocycles. The zero-order valence-electron chi connectivity index (χ0n) is 23.0. The van der Waals surface area contributed by atoms with Crippen LogP contribution >= 0.6 is 15.9 Å². The number of nitrogens with zero attached hydrogens (tertiary/aromatic N) is 1. The summed E-state index contributed by atoms with van der Waals surface area (Å²) in [5, 5.41) is 3.05. The van der Waals surface area contributed by atoms with Crippen LogP contribution in [0.4, 0.5) is 0 Å². The van der Waals surface area contributed by atoms with Gasteiger partial charge in [0.2, 0.25) is 5.91 Å². The van der Waals surface area contributed by atoms with Crippen molar-refractivity contribution in [3.8, 4) is 5.75 Å². The van der Waals surface area contributed by atoms with Gasteiger partial charge < -0.3 is 15.0 Å². The van der Waals surface area contributed by atoms with Crippen LogP contribution in [0.1, 0.15) is 51.3 Å². The van der Waals surface area contributed by atoms with Crippen molar-refractivity contribution < 1.29 is 14.3 Å². The molecule has 5 nitrogen and oxygen atoms in total. The fourth-order valence-corrected chi connectivity index (χ4v) is 4.56. The molecule has 1 N–H and O–H groups in total. The highest BCUT2D eigenvalue weighted by Gasteiger charge is 2.31. The Labute approximate surface area is 235 Å². The van der Waals surface area contributed by atoms with Gasteiger partial charge in [0, 0.05) is 19.5 Å². The van der Waals surface area contributed by atoms with E-state index in [4.69, 9.17) is 4.74 Å². The molecule has 3 rings (SSSR count).